The van der Waals surface area contributed by atoms with Crippen LogP contribution >= 0.6 is 0 Å². The minimum Gasteiger partial charge on any atom is -0.387 e. The number of nitriles is 1. The summed E-state index contributed by atoms with van der Waals surface area (Å²) in [5, 5.41) is 19.6. The number of carbonyl (C=O) groups excluding carboxylic acids is 1. The Morgan fingerprint density at radius 3 is 2.69 bits per heavy atom. The number of ether oxygens (including phenoxy) is 1. The van der Waals surface area contributed by atoms with Gasteiger partial charge in [-0.25, -0.2) is 9.31 Å². The maximum absolute atomic E-state index is 11.8. The Balaban J connectivity index is 0.000000177. The van der Waals surface area contributed by atoms with E-state index in [1.807, 2.05) is 36.3 Å². The summed E-state index contributed by atoms with van der Waals surface area (Å²) in [4.78, 5) is 18.2. The smallest absolute Gasteiger partial charge is 0.317 e. The minimum atomic E-state index is 0.102. The molecule has 5 N–H and O–H groups in total. The molecule has 2 amide bonds. The van der Waals surface area contributed by atoms with E-state index < -0.39 is 0 Å². The van der Waals surface area contributed by atoms with Gasteiger partial charge in [0.15, 0.2) is 0 Å². The lowest BCUT2D eigenvalue weighted by Gasteiger charge is -2.30. The van der Waals surface area contributed by atoms with Crippen LogP contribution in [-0.2, 0) is 4.74 Å². The summed E-state index contributed by atoms with van der Waals surface area (Å²) >= 11 is 0. The fourth-order valence-electron chi connectivity index (χ4n) is 4.94. The summed E-state index contributed by atoms with van der Waals surface area (Å²) in [5.74, 6) is 0. The Hall–Kier alpha value is -4.34. The number of fused-ring (bicyclic) bond motifs is 1. The predicted molar refractivity (Wildman–Crippen MR) is 148 cm³/mol. The molecular weight excluding hydrogens is 496 g/mol. The standard InChI is InChI=1S/C16H14N8.C11H20N2O2/c1-18-13-5-14(19-8-12(13)15-9-20-23-22-15)16-3-2-11-4-10(6-17)7-21-24(11)16;14-11(13-6-8-15-9-7-13)12-10-4-2-1-3-5-10/h2-5,7-9,20,22-23H,1H3,(H,18,19);10H,1-9H2,(H,12,14). The number of carbonyl (C=O) groups is 1. The third-order valence-corrected chi connectivity index (χ3v) is 7.07. The van der Waals surface area contributed by atoms with E-state index in [-0.39, 0.29) is 6.03 Å². The number of amides is 2. The molecule has 0 unspecified atom stereocenters. The topological polar surface area (TPSA) is 144 Å². The van der Waals surface area contributed by atoms with Crippen molar-refractivity contribution in [3.63, 3.8) is 0 Å². The number of anilines is 1. The van der Waals surface area contributed by atoms with Gasteiger partial charge in [0.1, 0.15) is 6.07 Å². The first-order valence-corrected chi connectivity index (χ1v) is 13.3. The summed E-state index contributed by atoms with van der Waals surface area (Å²) in [5.41, 5.74) is 14.5. The van der Waals surface area contributed by atoms with E-state index in [1.54, 1.807) is 23.0 Å². The third kappa shape index (κ3) is 6.22. The molecule has 3 aromatic rings. The van der Waals surface area contributed by atoms with Gasteiger partial charge in [0, 0.05) is 49.8 Å². The zero-order valence-corrected chi connectivity index (χ0v) is 22.0. The highest BCUT2D eigenvalue weighted by molar-refractivity contribution is 5.78. The van der Waals surface area contributed by atoms with Crippen molar-refractivity contribution in [1.82, 2.24) is 41.2 Å². The first-order chi connectivity index (χ1) is 19.2. The second-order valence-electron chi connectivity index (χ2n) is 9.61. The quantitative estimate of drug-likeness (QED) is 0.344. The van der Waals surface area contributed by atoms with Crippen LogP contribution in [0.2, 0.25) is 0 Å². The van der Waals surface area contributed by atoms with Gasteiger partial charge in [-0.1, -0.05) is 19.3 Å². The van der Waals surface area contributed by atoms with Crippen LogP contribution in [0.4, 0.5) is 10.5 Å². The van der Waals surface area contributed by atoms with Crippen molar-refractivity contribution < 1.29 is 9.53 Å². The minimum absolute atomic E-state index is 0.102. The molecule has 39 heavy (non-hydrogen) atoms. The van der Waals surface area contributed by atoms with Crippen molar-refractivity contribution in [1.29, 1.82) is 5.26 Å². The van der Waals surface area contributed by atoms with Crippen molar-refractivity contribution in [3.8, 4) is 17.5 Å². The van der Waals surface area contributed by atoms with Gasteiger partial charge >= 0.3 is 6.03 Å². The molecule has 2 fully saturated rings. The molecule has 12 heteroatoms. The van der Waals surface area contributed by atoms with Crippen LogP contribution < -0.4 is 27.0 Å². The lowest BCUT2D eigenvalue weighted by Crippen LogP contribution is -2.49. The summed E-state index contributed by atoms with van der Waals surface area (Å²) in [6.07, 6.45) is 11.3. The molecule has 0 bridgehead atoms. The fourth-order valence-corrected chi connectivity index (χ4v) is 4.94. The monoisotopic (exact) mass is 530 g/mol. The van der Waals surface area contributed by atoms with Crippen molar-refractivity contribution in [2.24, 2.45) is 0 Å². The van der Waals surface area contributed by atoms with Gasteiger partial charge in [0.05, 0.1) is 47.6 Å². The van der Waals surface area contributed by atoms with E-state index >= 15 is 0 Å². The van der Waals surface area contributed by atoms with Gasteiger partial charge in [-0.05, 0) is 37.1 Å². The van der Waals surface area contributed by atoms with Crippen LogP contribution in [0, 0.1) is 11.3 Å². The summed E-state index contributed by atoms with van der Waals surface area (Å²) in [7, 11) is 1.87. The Morgan fingerprint density at radius 2 is 1.97 bits per heavy atom. The number of nitrogens with one attached hydrogen (secondary N) is 5. The lowest BCUT2D eigenvalue weighted by molar-refractivity contribution is 0.0521. The normalized spacial score (nSPS) is 17.2. The average molecular weight is 531 g/mol. The summed E-state index contributed by atoms with van der Waals surface area (Å²) in [6.45, 7) is 2.83. The molecule has 6 rings (SSSR count). The molecule has 3 aliphatic rings. The Bertz CT molecular complexity index is 1370. The zero-order chi connectivity index (χ0) is 27.0. The van der Waals surface area contributed by atoms with E-state index in [1.165, 1.54) is 19.3 Å². The van der Waals surface area contributed by atoms with Crippen molar-refractivity contribution in [3.05, 3.63) is 54.0 Å². The molecule has 12 nitrogen and oxygen atoms in total. The van der Waals surface area contributed by atoms with Crippen LogP contribution in [0.1, 0.15) is 43.2 Å². The van der Waals surface area contributed by atoms with E-state index in [9.17, 15) is 4.79 Å². The second kappa shape index (κ2) is 12.5. The van der Waals surface area contributed by atoms with E-state index in [0.29, 0.717) is 24.8 Å². The highest BCUT2D eigenvalue weighted by Gasteiger charge is 2.21. The molecule has 1 saturated carbocycles. The number of rotatable bonds is 4. The van der Waals surface area contributed by atoms with Gasteiger partial charge < -0.3 is 31.1 Å². The molecule has 3 aromatic heterocycles. The molecule has 0 spiro atoms. The Kier molecular flexibility index (Phi) is 8.40. The molecule has 5 heterocycles. The third-order valence-electron chi connectivity index (χ3n) is 7.07. The number of aromatic nitrogens is 3. The SMILES string of the molecule is CNc1cc(-c2ccc3cc(C#N)cnn23)ncc1C1=CNNN1.O=C(NC1CCCCC1)N1CCOCC1. The number of hydrazine groups is 2. The molecule has 0 atom stereocenters. The molecule has 1 saturated heterocycles. The first kappa shape index (κ1) is 26.3. The number of pyridine rings is 1. The largest absolute Gasteiger partial charge is 0.387 e. The van der Waals surface area contributed by atoms with Gasteiger partial charge in [-0.15, -0.1) is 0 Å². The molecular formula is C27H34N10O2. The van der Waals surface area contributed by atoms with Crippen molar-refractivity contribution in [2.75, 3.05) is 38.7 Å². The van der Waals surface area contributed by atoms with Crippen LogP contribution in [0.5, 0.6) is 0 Å². The maximum atomic E-state index is 11.8. The van der Waals surface area contributed by atoms with Gasteiger partial charge in [-0.2, -0.15) is 15.9 Å². The predicted octanol–water partition coefficient (Wildman–Crippen LogP) is 2.58. The number of nitrogens with zero attached hydrogens (tertiary/aromatic N) is 5. The zero-order valence-electron chi connectivity index (χ0n) is 22.0. The molecule has 0 radical (unpaired) electrons. The molecule has 0 aromatic carbocycles. The first-order valence-electron chi connectivity index (χ1n) is 13.3. The highest BCUT2D eigenvalue weighted by Crippen LogP contribution is 2.28. The Labute approximate surface area is 227 Å². The summed E-state index contributed by atoms with van der Waals surface area (Å²) in [6, 6.07) is 10.3. The van der Waals surface area contributed by atoms with Crippen LogP contribution in [0.15, 0.2) is 42.9 Å². The van der Waals surface area contributed by atoms with Gasteiger partial charge in [0.25, 0.3) is 0 Å². The number of urea groups is 1. The molecule has 1 aliphatic carbocycles. The van der Waals surface area contributed by atoms with Gasteiger partial charge in [0.2, 0.25) is 0 Å². The van der Waals surface area contributed by atoms with E-state index in [2.05, 4.69) is 43.2 Å². The number of hydrogen-bond acceptors (Lipinski definition) is 9. The molecule has 2 aliphatic heterocycles. The van der Waals surface area contributed by atoms with Crippen molar-refractivity contribution in [2.45, 2.75) is 38.1 Å². The molecule has 204 valence electrons. The van der Waals surface area contributed by atoms with Crippen LogP contribution in [0.3, 0.4) is 0 Å². The lowest BCUT2D eigenvalue weighted by atomic mass is 9.96. The van der Waals surface area contributed by atoms with Gasteiger partial charge in [-0.3, -0.25) is 4.98 Å². The number of morpholine rings is 1. The van der Waals surface area contributed by atoms with Crippen molar-refractivity contribution >= 4 is 22.9 Å². The highest BCUT2D eigenvalue weighted by atomic mass is 16.5. The number of hydrogen-bond donors (Lipinski definition) is 5. The fraction of sp³-hybridized carbons (Fsp3) is 0.407. The van der Waals surface area contributed by atoms with Crippen LogP contribution in [-0.4, -0.2) is 64.9 Å². The Morgan fingerprint density at radius 1 is 1.15 bits per heavy atom. The van der Waals surface area contributed by atoms with E-state index in [4.69, 9.17) is 10.00 Å². The average Bonchev–Trinajstić information content (AvgIpc) is 3.68. The maximum Gasteiger partial charge on any atom is 0.317 e. The summed E-state index contributed by atoms with van der Waals surface area (Å²) < 4.78 is 6.99. The second-order valence-corrected chi connectivity index (χ2v) is 9.61. The van der Waals surface area contributed by atoms with E-state index in [0.717, 1.165) is 59.8 Å². The van der Waals surface area contributed by atoms with Crippen LogP contribution in [0.25, 0.3) is 22.6 Å².